The molecule has 186 valence electrons. The highest BCUT2D eigenvalue weighted by Crippen LogP contribution is 2.53. The Morgan fingerprint density at radius 1 is 1.11 bits per heavy atom. The molecule has 1 unspecified atom stereocenters. The first kappa shape index (κ1) is 25.7. The third-order valence-corrected chi connectivity index (χ3v) is 7.07. The third-order valence-electron chi connectivity index (χ3n) is 5.91. The lowest BCUT2D eigenvalue weighted by Crippen LogP contribution is -2.19. The molecule has 35 heavy (non-hydrogen) atoms. The van der Waals surface area contributed by atoms with Gasteiger partial charge in [0.15, 0.2) is 5.82 Å². The Hall–Kier alpha value is -2.39. The number of benzene rings is 2. The number of ether oxygens (including phenoxy) is 1. The number of allylic oxidation sites excluding steroid dienone is 1. The van der Waals surface area contributed by atoms with Crippen LogP contribution in [0.1, 0.15) is 36.0 Å². The first-order valence-corrected chi connectivity index (χ1v) is 12.0. The quantitative estimate of drug-likeness (QED) is 0.332. The maximum atomic E-state index is 15.3. The number of hydrogen-bond acceptors (Lipinski definition) is 4. The fourth-order valence-electron chi connectivity index (χ4n) is 3.64. The monoisotopic (exact) mass is 543 g/mol. The van der Waals surface area contributed by atoms with Crippen molar-refractivity contribution in [1.29, 1.82) is 0 Å². The van der Waals surface area contributed by atoms with Gasteiger partial charge in [-0.25, -0.2) is 8.78 Å². The largest absolute Gasteiger partial charge is 0.378 e. The van der Waals surface area contributed by atoms with Crippen LogP contribution in [0.3, 0.4) is 0 Å². The molecule has 0 spiro atoms. The van der Waals surface area contributed by atoms with E-state index in [1.165, 1.54) is 25.3 Å². The number of methoxy groups -OCH3 is 1. The minimum Gasteiger partial charge on any atom is -0.378 e. The Morgan fingerprint density at radius 2 is 1.83 bits per heavy atom. The van der Waals surface area contributed by atoms with Crippen LogP contribution in [0.25, 0.3) is 0 Å². The molecule has 0 radical (unpaired) electrons. The van der Waals surface area contributed by atoms with Gasteiger partial charge in [-0.2, -0.15) is 0 Å². The van der Waals surface area contributed by atoms with E-state index in [-0.39, 0.29) is 28.8 Å². The SMILES string of the molecule is COCC(Nc1c(F)ccc(C(=O)Nc2cc(NC(=O)C3CC3(Cl)Cl)ccc2Cl)c1F)=C1CCC1. The van der Waals surface area contributed by atoms with Crippen molar-refractivity contribution in [1.82, 2.24) is 0 Å². The second kappa shape index (κ2) is 10.3. The van der Waals surface area contributed by atoms with Crippen molar-refractivity contribution in [2.75, 3.05) is 29.7 Å². The maximum Gasteiger partial charge on any atom is 0.258 e. The van der Waals surface area contributed by atoms with E-state index >= 15 is 4.39 Å². The van der Waals surface area contributed by atoms with Gasteiger partial charge in [0.25, 0.3) is 5.91 Å². The Morgan fingerprint density at radius 3 is 2.43 bits per heavy atom. The summed E-state index contributed by atoms with van der Waals surface area (Å²) in [6.45, 7) is 0.161. The van der Waals surface area contributed by atoms with Crippen molar-refractivity contribution in [2.24, 2.45) is 5.92 Å². The van der Waals surface area contributed by atoms with Crippen LogP contribution in [-0.4, -0.2) is 29.9 Å². The number of hydrogen-bond donors (Lipinski definition) is 3. The lowest BCUT2D eigenvalue weighted by atomic mass is 9.90. The van der Waals surface area contributed by atoms with Gasteiger partial charge in [-0.05, 0) is 61.6 Å². The lowest BCUT2D eigenvalue weighted by molar-refractivity contribution is -0.117. The van der Waals surface area contributed by atoms with E-state index in [1.54, 1.807) is 0 Å². The number of carbonyl (C=O) groups is 2. The number of halogens is 5. The lowest BCUT2D eigenvalue weighted by Gasteiger charge is -2.23. The van der Waals surface area contributed by atoms with Crippen LogP contribution in [0.4, 0.5) is 25.8 Å². The van der Waals surface area contributed by atoms with Gasteiger partial charge in [0.1, 0.15) is 15.8 Å². The molecule has 2 aromatic carbocycles. The van der Waals surface area contributed by atoms with Crippen LogP contribution in [-0.2, 0) is 9.53 Å². The summed E-state index contributed by atoms with van der Waals surface area (Å²) in [4.78, 5) is 25.1. The number of amides is 2. The summed E-state index contributed by atoms with van der Waals surface area (Å²) >= 11 is 18.0. The molecule has 4 rings (SSSR count). The summed E-state index contributed by atoms with van der Waals surface area (Å²) in [6, 6.07) is 6.47. The standard InChI is InChI=1S/C24H22Cl3F2N3O3/c1-35-11-19(12-3-2-4-12)31-21-17(28)8-6-14(20(21)29)22(33)32-18-9-13(5-7-16(18)25)30-23(34)15-10-24(15,26)27/h5-9,15,31H,2-4,10-11H2,1H3,(H,30,34)(H,32,33). The molecule has 3 N–H and O–H groups in total. The van der Waals surface area contributed by atoms with Gasteiger partial charge < -0.3 is 20.7 Å². The zero-order chi connectivity index (χ0) is 25.3. The Labute approximate surface area is 215 Å². The van der Waals surface area contributed by atoms with Gasteiger partial charge in [-0.15, -0.1) is 23.2 Å². The smallest absolute Gasteiger partial charge is 0.258 e. The Balaban J connectivity index is 1.53. The number of rotatable bonds is 8. The summed E-state index contributed by atoms with van der Waals surface area (Å²) < 4.78 is 33.8. The van der Waals surface area contributed by atoms with Crippen LogP contribution in [0.2, 0.25) is 5.02 Å². The highest BCUT2D eigenvalue weighted by molar-refractivity contribution is 6.52. The molecule has 0 saturated heterocycles. The van der Waals surface area contributed by atoms with E-state index in [0.29, 0.717) is 17.8 Å². The summed E-state index contributed by atoms with van der Waals surface area (Å²) in [7, 11) is 1.49. The van der Waals surface area contributed by atoms with E-state index in [0.717, 1.165) is 37.0 Å². The molecular weight excluding hydrogens is 523 g/mol. The maximum absolute atomic E-state index is 15.3. The molecule has 2 amide bonds. The van der Waals surface area contributed by atoms with Crippen LogP contribution < -0.4 is 16.0 Å². The predicted molar refractivity (Wildman–Crippen MR) is 133 cm³/mol. The zero-order valence-electron chi connectivity index (χ0n) is 18.6. The van der Waals surface area contributed by atoms with Gasteiger partial charge >= 0.3 is 0 Å². The average molecular weight is 545 g/mol. The molecular formula is C24H22Cl3F2N3O3. The second-order valence-electron chi connectivity index (χ2n) is 8.43. The van der Waals surface area contributed by atoms with Crippen molar-refractivity contribution >= 4 is 63.7 Å². The molecule has 1 atom stereocenters. The zero-order valence-corrected chi connectivity index (χ0v) is 20.9. The number of anilines is 3. The van der Waals surface area contributed by atoms with E-state index in [9.17, 15) is 14.0 Å². The van der Waals surface area contributed by atoms with Crippen molar-refractivity contribution < 1.29 is 23.1 Å². The summed E-state index contributed by atoms with van der Waals surface area (Å²) in [5.41, 5.74) is 1.24. The highest BCUT2D eigenvalue weighted by atomic mass is 35.5. The fourth-order valence-corrected chi connectivity index (χ4v) is 4.31. The highest BCUT2D eigenvalue weighted by Gasteiger charge is 2.56. The van der Waals surface area contributed by atoms with E-state index in [4.69, 9.17) is 39.5 Å². The first-order chi connectivity index (χ1) is 16.6. The average Bonchev–Trinajstić information content (AvgIpc) is 3.40. The van der Waals surface area contributed by atoms with Crippen LogP contribution in [0.15, 0.2) is 41.6 Å². The molecule has 0 aromatic heterocycles. The predicted octanol–water partition coefficient (Wildman–Crippen LogP) is 6.50. The van der Waals surface area contributed by atoms with Crippen molar-refractivity contribution in [3.05, 3.63) is 63.8 Å². The van der Waals surface area contributed by atoms with E-state index in [1.807, 2.05) is 0 Å². The van der Waals surface area contributed by atoms with Crippen LogP contribution >= 0.6 is 34.8 Å². The Bertz CT molecular complexity index is 1210. The second-order valence-corrected chi connectivity index (χ2v) is 10.4. The van der Waals surface area contributed by atoms with Gasteiger partial charge in [-0.1, -0.05) is 11.6 Å². The summed E-state index contributed by atoms with van der Waals surface area (Å²) in [6.07, 6.45) is 2.97. The molecule has 2 aliphatic rings. The number of carbonyl (C=O) groups excluding carboxylic acids is 2. The molecule has 11 heteroatoms. The van der Waals surface area contributed by atoms with Crippen molar-refractivity contribution in [3.63, 3.8) is 0 Å². The molecule has 2 saturated carbocycles. The molecule has 0 aliphatic heterocycles. The van der Waals surface area contributed by atoms with Crippen LogP contribution in [0.5, 0.6) is 0 Å². The van der Waals surface area contributed by atoms with Crippen molar-refractivity contribution in [3.8, 4) is 0 Å². The summed E-state index contributed by atoms with van der Waals surface area (Å²) in [5, 5.41) is 8.10. The normalized spacial score (nSPS) is 17.9. The topological polar surface area (TPSA) is 79.5 Å². The molecule has 0 bridgehead atoms. The Kier molecular flexibility index (Phi) is 7.57. The van der Waals surface area contributed by atoms with E-state index in [2.05, 4.69) is 16.0 Å². The third kappa shape index (κ3) is 5.72. The van der Waals surface area contributed by atoms with Gasteiger partial charge in [0.05, 0.1) is 28.8 Å². The van der Waals surface area contributed by atoms with Crippen LogP contribution in [0, 0.1) is 17.6 Å². The first-order valence-electron chi connectivity index (χ1n) is 10.8. The van der Waals surface area contributed by atoms with Crippen molar-refractivity contribution in [2.45, 2.75) is 30.0 Å². The van der Waals surface area contributed by atoms with Gasteiger partial charge in [-0.3, -0.25) is 9.59 Å². The van der Waals surface area contributed by atoms with Gasteiger partial charge in [0.2, 0.25) is 5.91 Å². The van der Waals surface area contributed by atoms with E-state index < -0.39 is 33.5 Å². The molecule has 6 nitrogen and oxygen atoms in total. The molecule has 2 fully saturated rings. The molecule has 0 heterocycles. The number of alkyl halides is 2. The molecule has 2 aliphatic carbocycles. The fraction of sp³-hybridized carbons (Fsp3) is 0.333. The minimum atomic E-state index is -1.09. The van der Waals surface area contributed by atoms with Gasteiger partial charge in [0, 0.05) is 18.5 Å². The number of nitrogens with one attached hydrogen (secondary N) is 3. The minimum absolute atomic E-state index is 0.128. The summed E-state index contributed by atoms with van der Waals surface area (Å²) in [5.74, 6) is -3.65. The molecule has 2 aromatic rings.